The van der Waals surface area contributed by atoms with Gasteiger partial charge in [-0.2, -0.15) is 0 Å². The second kappa shape index (κ2) is 9.82. The Hall–Kier alpha value is -3.43. The Morgan fingerprint density at radius 1 is 1.12 bits per heavy atom. The van der Waals surface area contributed by atoms with Gasteiger partial charge in [0.25, 0.3) is 5.91 Å². The summed E-state index contributed by atoms with van der Waals surface area (Å²) in [6, 6.07) is 9.77. The zero-order valence-electron chi connectivity index (χ0n) is 19.2. The maximum Gasteiger partial charge on any atom is 0.254 e. The fourth-order valence-electron chi connectivity index (χ4n) is 4.09. The molecule has 4 aromatic rings. The SMILES string of the molecule is CCNc1ccnc(-c2cnc(-n3cc(SC)c4ccc(C(=O)N5CCOCC5)cc43)nc2)c1. The normalized spacial score (nSPS) is 13.9. The predicted molar refractivity (Wildman–Crippen MR) is 135 cm³/mol. The second-order valence-corrected chi connectivity index (χ2v) is 8.78. The van der Waals surface area contributed by atoms with Crippen LogP contribution in [0.1, 0.15) is 17.3 Å². The van der Waals surface area contributed by atoms with E-state index in [1.807, 2.05) is 52.3 Å². The molecule has 0 radical (unpaired) electrons. The number of benzene rings is 1. The van der Waals surface area contributed by atoms with E-state index in [2.05, 4.69) is 27.2 Å². The molecule has 1 aliphatic rings. The highest BCUT2D eigenvalue weighted by atomic mass is 32.2. The third kappa shape index (κ3) is 4.36. The van der Waals surface area contributed by atoms with E-state index >= 15 is 0 Å². The Kier molecular flexibility index (Phi) is 6.46. The number of pyridine rings is 1. The van der Waals surface area contributed by atoms with E-state index < -0.39 is 0 Å². The molecular weight excluding hydrogens is 448 g/mol. The van der Waals surface area contributed by atoms with Crippen molar-refractivity contribution in [3.8, 4) is 17.2 Å². The fraction of sp³-hybridized carbons (Fsp3) is 0.280. The number of thioether (sulfide) groups is 1. The highest BCUT2D eigenvalue weighted by Gasteiger charge is 2.20. The molecule has 34 heavy (non-hydrogen) atoms. The van der Waals surface area contributed by atoms with Crippen LogP contribution < -0.4 is 5.32 Å². The van der Waals surface area contributed by atoms with Crippen LogP contribution in [0, 0.1) is 0 Å². The number of ether oxygens (including phenoxy) is 1. The van der Waals surface area contributed by atoms with Crippen molar-refractivity contribution in [3.63, 3.8) is 0 Å². The summed E-state index contributed by atoms with van der Waals surface area (Å²) in [7, 11) is 0. The lowest BCUT2D eigenvalue weighted by atomic mass is 10.1. The smallest absolute Gasteiger partial charge is 0.254 e. The minimum absolute atomic E-state index is 0.0200. The average Bonchev–Trinajstić information content (AvgIpc) is 3.27. The van der Waals surface area contributed by atoms with E-state index in [4.69, 9.17) is 4.74 Å². The zero-order chi connectivity index (χ0) is 23.5. The Morgan fingerprint density at radius 3 is 2.65 bits per heavy atom. The number of nitrogens with one attached hydrogen (secondary N) is 1. The molecule has 0 spiro atoms. The number of hydrogen-bond acceptors (Lipinski definition) is 7. The summed E-state index contributed by atoms with van der Waals surface area (Å²) in [5, 5.41) is 4.37. The van der Waals surface area contributed by atoms with Gasteiger partial charge in [0.1, 0.15) is 0 Å². The van der Waals surface area contributed by atoms with Gasteiger partial charge in [0.05, 0.1) is 24.4 Å². The van der Waals surface area contributed by atoms with Crippen LogP contribution in [-0.4, -0.2) is 69.4 Å². The highest BCUT2D eigenvalue weighted by molar-refractivity contribution is 7.98. The number of fused-ring (bicyclic) bond motifs is 1. The number of carbonyl (C=O) groups is 1. The second-order valence-electron chi connectivity index (χ2n) is 7.94. The standard InChI is InChI=1S/C25H26N6O2S/c1-3-26-19-6-7-27-21(13-19)18-14-28-25(29-15-18)31-16-23(34-2)20-5-4-17(12-22(20)31)24(32)30-8-10-33-11-9-30/h4-7,12-16H,3,8-11H2,1-2H3,(H,26,27). The van der Waals surface area contributed by atoms with Crippen LogP contribution in [0.4, 0.5) is 5.69 Å². The fourth-order valence-corrected chi connectivity index (χ4v) is 4.69. The molecule has 0 atom stereocenters. The van der Waals surface area contributed by atoms with Crippen molar-refractivity contribution >= 4 is 34.3 Å². The zero-order valence-corrected chi connectivity index (χ0v) is 20.0. The number of amides is 1. The van der Waals surface area contributed by atoms with Gasteiger partial charge in [-0.15, -0.1) is 11.8 Å². The quantitative estimate of drug-likeness (QED) is 0.421. The van der Waals surface area contributed by atoms with E-state index in [0.29, 0.717) is 37.8 Å². The summed E-state index contributed by atoms with van der Waals surface area (Å²) in [5.41, 5.74) is 4.22. The van der Waals surface area contributed by atoms with Crippen molar-refractivity contribution in [1.29, 1.82) is 0 Å². The predicted octanol–water partition coefficient (Wildman–Crippen LogP) is 4.11. The molecule has 174 valence electrons. The number of aromatic nitrogens is 4. The number of anilines is 1. The molecule has 1 saturated heterocycles. The van der Waals surface area contributed by atoms with Crippen molar-refractivity contribution in [2.75, 3.05) is 44.4 Å². The third-order valence-corrected chi connectivity index (χ3v) is 6.59. The van der Waals surface area contributed by atoms with Crippen molar-refractivity contribution < 1.29 is 9.53 Å². The maximum atomic E-state index is 13.1. The minimum Gasteiger partial charge on any atom is -0.385 e. The van der Waals surface area contributed by atoms with Crippen molar-refractivity contribution in [2.45, 2.75) is 11.8 Å². The first-order valence-corrected chi connectivity index (χ1v) is 12.5. The van der Waals surface area contributed by atoms with Gasteiger partial charge in [-0.05, 0) is 37.4 Å². The number of nitrogens with zero attached hydrogens (tertiary/aromatic N) is 5. The molecule has 1 amide bonds. The van der Waals surface area contributed by atoms with E-state index in [-0.39, 0.29) is 5.91 Å². The number of hydrogen-bond donors (Lipinski definition) is 1. The first-order chi connectivity index (χ1) is 16.7. The molecule has 5 rings (SSSR count). The molecule has 9 heteroatoms. The van der Waals surface area contributed by atoms with Crippen LogP contribution in [0.25, 0.3) is 28.1 Å². The molecule has 1 aromatic carbocycles. The molecule has 3 aromatic heterocycles. The average molecular weight is 475 g/mol. The Labute approximate surface area is 202 Å². The minimum atomic E-state index is 0.0200. The van der Waals surface area contributed by atoms with E-state index in [9.17, 15) is 4.79 Å². The molecule has 1 N–H and O–H groups in total. The van der Waals surface area contributed by atoms with Crippen LogP contribution >= 0.6 is 11.8 Å². The lowest BCUT2D eigenvalue weighted by Crippen LogP contribution is -2.40. The molecule has 8 nitrogen and oxygen atoms in total. The van der Waals surface area contributed by atoms with Crippen molar-refractivity contribution in [3.05, 3.63) is 60.7 Å². The number of carbonyl (C=O) groups excluding carboxylic acids is 1. The molecule has 0 saturated carbocycles. The van der Waals surface area contributed by atoms with Gasteiger partial charge < -0.3 is 15.0 Å². The van der Waals surface area contributed by atoms with Gasteiger partial charge in [-0.25, -0.2) is 9.97 Å². The summed E-state index contributed by atoms with van der Waals surface area (Å²) in [6.45, 7) is 5.28. The van der Waals surface area contributed by atoms with Gasteiger partial charge in [-0.3, -0.25) is 14.3 Å². The maximum absolute atomic E-state index is 13.1. The number of morpholine rings is 1. The largest absolute Gasteiger partial charge is 0.385 e. The van der Waals surface area contributed by atoms with Crippen molar-refractivity contribution in [2.24, 2.45) is 0 Å². The van der Waals surface area contributed by atoms with Crippen LogP contribution in [0.15, 0.2) is 60.0 Å². The van der Waals surface area contributed by atoms with Gasteiger partial charge in [0, 0.05) is 71.5 Å². The van der Waals surface area contributed by atoms with Crippen LogP contribution in [0.3, 0.4) is 0 Å². The molecular formula is C25H26N6O2S. The van der Waals surface area contributed by atoms with Crippen LogP contribution in [0.2, 0.25) is 0 Å². The molecule has 0 aliphatic carbocycles. The summed E-state index contributed by atoms with van der Waals surface area (Å²) >= 11 is 1.66. The summed E-state index contributed by atoms with van der Waals surface area (Å²) < 4.78 is 7.33. The van der Waals surface area contributed by atoms with Gasteiger partial charge in [0.2, 0.25) is 5.95 Å². The lowest BCUT2D eigenvalue weighted by Gasteiger charge is -2.26. The number of rotatable bonds is 6. The Bertz CT molecular complexity index is 1310. The Morgan fingerprint density at radius 2 is 1.91 bits per heavy atom. The van der Waals surface area contributed by atoms with Gasteiger partial charge in [0.15, 0.2) is 0 Å². The van der Waals surface area contributed by atoms with Crippen LogP contribution in [-0.2, 0) is 4.74 Å². The molecule has 4 heterocycles. The van der Waals surface area contributed by atoms with Gasteiger partial charge in [-0.1, -0.05) is 6.07 Å². The first-order valence-electron chi connectivity index (χ1n) is 11.3. The molecule has 0 unspecified atom stereocenters. The monoisotopic (exact) mass is 474 g/mol. The van der Waals surface area contributed by atoms with Crippen molar-refractivity contribution in [1.82, 2.24) is 24.4 Å². The Balaban J connectivity index is 1.50. The topological polar surface area (TPSA) is 85.2 Å². The van der Waals surface area contributed by atoms with E-state index in [1.165, 1.54) is 0 Å². The lowest BCUT2D eigenvalue weighted by molar-refractivity contribution is 0.0303. The third-order valence-electron chi connectivity index (χ3n) is 5.82. The van der Waals surface area contributed by atoms with E-state index in [0.717, 1.165) is 39.3 Å². The molecule has 1 fully saturated rings. The summed E-state index contributed by atoms with van der Waals surface area (Å²) in [4.78, 5) is 29.7. The summed E-state index contributed by atoms with van der Waals surface area (Å²) in [5.74, 6) is 0.569. The molecule has 0 bridgehead atoms. The first kappa shape index (κ1) is 22.4. The summed E-state index contributed by atoms with van der Waals surface area (Å²) in [6.07, 6.45) is 9.41. The van der Waals surface area contributed by atoms with Gasteiger partial charge >= 0.3 is 0 Å². The molecule has 1 aliphatic heterocycles. The van der Waals surface area contributed by atoms with E-state index in [1.54, 1.807) is 30.4 Å². The highest BCUT2D eigenvalue weighted by Crippen LogP contribution is 2.31. The van der Waals surface area contributed by atoms with Crippen LogP contribution in [0.5, 0.6) is 0 Å².